The zero-order valence-corrected chi connectivity index (χ0v) is 15.5. The number of nitrogens with one attached hydrogen (secondary N) is 1. The Bertz CT molecular complexity index is 999. The lowest BCUT2D eigenvalue weighted by Crippen LogP contribution is -2.12. The summed E-state index contributed by atoms with van der Waals surface area (Å²) in [6.45, 7) is 1.79. The van der Waals surface area contributed by atoms with E-state index in [1.165, 1.54) is 7.11 Å². The largest absolute Gasteiger partial charge is 0.494 e. The minimum atomic E-state index is -0.580. The number of carbonyl (C=O) groups is 1. The number of aromatic nitrogens is 4. The molecule has 3 N–H and O–H groups in total. The summed E-state index contributed by atoms with van der Waals surface area (Å²) in [6.07, 6.45) is 1.61. The first kappa shape index (κ1) is 18.2. The molecule has 2 heterocycles. The lowest BCUT2D eigenvalue weighted by Gasteiger charge is -2.17. The molecule has 0 aliphatic rings. The second kappa shape index (κ2) is 7.32. The standard InChI is InChI=1S/C18H20N6O3/c1-10-8-13(14(16(19)21-10)18(25)27-4)22-12-7-5-6-11(15(12)26-3)17-20-9-24(2)23-17/h5-9H,1-4H3,(H3,19,21,22). The molecule has 0 atom stereocenters. The van der Waals surface area contributed by atoms with E-state index in [1.807, 2.05) is 18.2 Å². The van der Waals surface area contributed by atoms with Gasteiger partial charge in [0.1, 0.15) is 17.7 Å². The molecule has 27 heavy (non-hydrogen) atoms. The zero-order valence-electron chi connectivity index (χ0n) is 15.5. The second-order valence-electron chi connectivity index (χ2n) is 5.82. The highest BCUT2D eigenvalue weighted by Gasteiger charge is 2.20. The van der Waals surface area contributed by atoms with E-state index in [2.05, 4.69) is 20.4 Å². The minimum Gasteiger partial charge on any atom is -0.494 e. The number of methoxy groups -OCH3 is 2. The van der Waals surface area contributed by atoms with Crippen molar-refractivity contribution in [2.24, 2.45) is 7.05 Å². The van der Waals surface area contributed by atoms with Crippen LogP contribution in [0, 0.1) is 6.92 Å². The molecule has 0 amide bonds. The Kier molecular flexibility index (Phi) is 4.93. The molecule has 0 radical (unpaired) electrons. The predicted octanol–water partition coefficient (Wildman–Crippen LogP) is 2.31. The van der Waals surface area contributed by atoms with Crippen molar-refractivity contribution in [1.82, 2.24) is 19.7 Å². The van der Waals surface area contributed by atoms with E-state index in [0.717, 1.165) is 0 Å². The number of nitrogens with two attached hydrogens (primary N) is 1. The molecule has 1 aromatic carbocycles. The number of hydrogen-bond acceptors (Lipinski definition) is 8. The van der Waals surface area contributed by atoms with Crippen LogP contribution in [0.15, 0.2) is 30.6 Å². The third kappa shape index (κ3) is 3.52. The molecule has 3 rings (SSSR count). The average Bonchev–Trinajstić information content (AvgIpc) is 3.06. The summed E-state index contributed by atoms with van der Waals surface area (Å²) in [5.74, 6) is 0.569. The third-order valence-electron chi connectivity index (χ3n) is 3.89. The molecule has 9 heteroatoms. The first-order valence-electron chi connectivity index (χ1n) is 8.10. The summed E-state index contributed by atoms with van der Waals surface area (Å²) in [6, 6.07) is 7.23. The number of aryl methyl sites for hydroxylation is 2. The van der Waals surface area contributed by atoms with Gasteiger partial charge in [-0.25, -0.2) is 14.8 Å². The summed E-state index contributed by atoms with van der Waals surface area (Å²) in [5.41, 5.74) is 8.56. The molecule has 9 nitrogen and oxygen atoms in total. The molecule has 0 fully saturated rings. The highest BCUT2D eigenvalue weighted by Crippen LogP contribution is 2.37. The van der Waals surface area contributed by atoms with Gasteiger partial charge in [0.2, 0.25) is 0 Å². The molecule has 140 valence electrons. The fourth-order valence-electron chi connectivity index (χ4n) is 2.75. The van der Waals surface area contributed by atoms with Crippen LogP contribution < -0.4 is 15.8 Å². The van der Waals surface area contributed by atoms with Crippen LogP contribution in [0.1, 0.15) is 16.1 Å². The van der Waals surface area contributed by atoms with Crippen molar-refractivity contribution in [2.45, 2.75) is 6.92 Å². The van der Waals surface area contributed by atoms with E-state index in [0.29, 0.717) is 34.2 Å². The summed E-state index contributed by atoms with van der Waals surface area (Å²) >= 11 is 0. The Balaban J connectivity index is 2.10. The fraction of sp³-hybridized carbons (Fsp3) is 0.222. The smallest absolute Gasteiger partial charge is 0.343 e. The van der Waals surface area contributed by atoms with Gasteiger partial charge in [0.25, 0.3) is 0 Å². The van der Waals surface area contributed by atoms with Crippen LogP contribution in [0.3, 0.4) is 0 Å². The molecule has 3 aromatic rings. The Morgan fingerprint density at radius 2 is 2.04 bits per heavy atom. The minimum absolute atomic E-state index is 0.0888. The number of nitrogen functional groups attached to an aromatic ring is 1. The van der Waals surface area contributed by atoms with Gasteiger partial charge in [-0.2, -0.15) is 5.10 Å². The Morgan fingerprint density at radius 3 is 2.67 bits per heavy atom. The molecule has 0 bridgehead atoms. The van der Waals surface area contributed by atoms with Crippen LogP contribution in [0.2, 0.25) is 0 Å². The van der Waals surface area contributed by atoms with E-state index in [4.69, 9.17) is 15.2 Å². The number of benzene rings is 1. The average molecular weight is 368 g/mol. The molecule has 0 saturated carbocycles. The van der Waals surface area contributed by atoms with Gasteiger partial charge in [0.05, 0.1) is 31.2 Å². The number of pyridine rings is 1. The molecular weight excluding hydrogens is 348 g/mol. The number of esters is 1. The zero-order chi connectivity index (χ0) is 19.6. The second-order valence-corrected chi connectivity index (χ2v) is 5.82. The van der Waals surface area contributed by atoms with Crippen LogP contribution in [-0.2, 0) is 11.8 Å². The van der Waals surface area contributed by atoms with Crippen molar-refractivity contribution < 1.29 is 14.3 Å². The van der Waals surface area contributed by atoms with Gasteiger partial charge in [-0.3, -0.25) is 4.68 Å². The number of rotatable bonds is 5. The van der Waals surface area contributed by atoms with Crippen LogP contribution in [0.25, 0.3) is 11.4 Å². The predicted molar refractivity (Wildman–Crippen MR) is 101 cm³/mol. The van der Waals surface area contributed by atoms with Gasteiger partial charge in [-0.1, -0.05) is 6.07 Å². The van der Waals surface area contributed by atoms with E-state index >= 15 is 0 Å². The summed E-state index contributed by atoms with van der Waals surface area (Å²) < 4.78 is 12.0. The van der Waals surface area contributed by atoms with Crippen molar-refractivity contribution in [3.05, 3.63) is 41.9 Å². The van der Waals surface area contributed by atoms with E-state index in [1.54, 1.807) is 38.2 Å². The normalized spacial score (nSPS) is 10.5. The van der Waals surface area contributed by atoms with Gasteiger partial charge in [-0.05, 0) is 25.1 Å². The van der Waals surface area contributed by atoms with E-state index < -0.39 is 5.97 Å². The van der Waals surface area contributed by atoms with Crippen LogP contribution >= 0.6 is 0 Å². The van der Waals surface area contributed by atoms with Crippen LogP contribution in [0.5, 0.6) is 5.75 Å². The fourth-order valence-corrected chi connectivity index (χ4v) is 2.75. The SMILES string of the molecule is COC(=O)c1c(Nc2cccc(-c3ncn(C)n3)c2OC)cc(C)nc1N. The van der Waals surface area contributed by atoms with E-state index in [9.17, 15) is 4.79 Å². The number of hydrogen-bond donors (Lipinski definition) is 2. The maximum Gasteiger partial charge on any atom is 0.343 e. The maximum atomic E-state index is 12.2. The maximum absolute atomic E-state index is 12.2. The number of nitrogens with zero attached hydrogens (tertiary/aromatic N) is 4. The molecular formula is C18H20N6O3. The van der Waals surface area contributed by atoms with Gasteiger partial charge in [0, 0.05) is 12.7 Å². The van der Waals surface area contributed by atoms with Crippen LogP contribution in [-0.4, -0.2) is 39.9 Å². The Hall–Kier alpha value is -3.62. The number of anilines is 3. The molecule has 0 saturated heterocycles. The van der Waals surface area contributed by atoms with Gasteiger partial charge in [-0.15, -0.1) is 0 Å². The van der Waals surface area contributed by atoms with Gasteiger partial charge in [0.15, 0.2) is 11.6 Å². The van der Waals surface area contributed by atoms with Crippen molar-refractivity contribution in [1.29, 1.82) is 0 Å². The summed E-state index contributed by atoms with van der Waals surface area (Å²) in [4.78, 5) is 20.6. The summed E-state index contributed by atoms with van der Waals surface area (Å²) in [5, 5.41) is 7.52. The first-order chi connectivity index (χ1) is 12.9. The number of para-hydroxylation sites is 1. The molecule has 2 aromatic heterocycles. The topological polar surface area (TPSA) is 117 Å². The Labute approximate surface area is 156 Å². The van der Waals surface area contributed by atoms with Crippen molar-refractivity contribution in [3.8, 4) is 17.1 Å². The Morgan fingerprint density at radius 1 is 1.26 bits per heavy atom. The third-order valence-corrected chi connectivity index (χ3v) is 3.89. The lowest BCUT2D eigenvalue weighted by molar-refractivity contribution is 0.0602. The monoisotopic (exact) mass is 368 g/mol. The highest BCUT2D eigenvalue weighted by atomic mass is 16.5. The van der Waals surface area contributed by atoms with Crippen molar-refractivity contribution in [3.63, 3.8) is 0 Å². The number of ether oxygens (including phenoxy) is 2. The molecule has 0 aliphatic carbocycles. The summed E-state index contributed by atoms with van der Waals surface area (Å²) in [7, 11) is 4.63. The van der Waals surface area contributed by atoms with E-state index in [-0.39, 0.29) is 11.4 Å². The quantitative estimate of drug-likeness (QED) is 0.659. The molecule has 0 spiro atoms. The van der Waals surface area contributed by atoms with Crippen molar-refractivity contribution >= 4 is 23.2 Å². The van der Waals surface area contributed by atoms with Gasteiger partial charge >= 0.3 is 5.97 Å². The number of carbonyl (C=O) groups excluding carboxylic acids is 1. The first-order valence-corrected chi connectivity index (χ1v) is 8.10. The highest BCUT2D eigenvalue weighted by molar-refractivity contribution is 6.01. The lowest BCUT2D eigenvalue weighted by atomic mass is 10.1. The molecule has 0 unspecified atom stereocenters. The van der Waals surface area contributed by atoms with Crippen molar-refractivity contribution in [2.75, 3.05) is 25.3 Å². The van der Waals surface area contributed by atoms with Gasteiger partial charge < -0.3 is 20.5 Å². The molecule has 0 aliphatic heterocycles. The van der Waals surface area contributed by atoms with Crippen LogP contribution in [0.4, 0.5) is 17.2 Å².